The van der Waals surface area contributed by atoms with Gasteiger partial charge < -0.3 is 20.4 Å². The van der Waals surface area contributed by atoms with Gasteiger partial charge in [0.2, 0.25) is 0 Å². The van der Waals surface area contributed by atoms with E-state index in [1.54, 1.807) is 12.4 Å². The summed E-state index contributed by atoms with van der Waals surface area (Å²) in [6, 6.07) is 9.91. The van der Waals surface area contributed by atoms with Crippen LogP contribution in [0.1, 0.15) is 29.6 Å². The number of amides is 1. The standard InChI is InChI=1S/C21H29N5O/c1-25(2)11-5-10-23-19-14-17(15-22-16-19)21(27)24-18-6-8-20(9-7-18)26-12-3-4-13-26/h6-9,14-16,23H,3-5,10-13H2,1-2H3,(H,24,27). The van der Waals surface area contributed by atoms with Crippen LogP contribution in [0.2, 0.25) is 0 Å². The van der Waals surface area contributed by atoms with Gasteiger partial charge in [-0.25, -0.2) is 0 Å². The molecule has 6 heteroatoms. The zero-order valence-electron chi connectivity index (χ0n) is 16.2. The number of nitrogens with one attached hydrogen (secondary N) is 2. The lowest BCUT2D eigenvalue weighted by Gasteiger charge is -2.17. The first kappa shape index (κ1) is 19.2. The number of carbonyl (C=O) groups is 1. The van der Waals surface area contributed by atoms with E-state index in [2.05, 4.69) is 51.6 Å². The lowest BCUT2D eigenvalue weighted by molar-refractivity contribution is 0.102. The molecular weight excluding hydrogens is 338 g/mol. The van der Waals surface area contributed by atoms with Crippen LogP contribution in [0.25, 0.3) is 0 Å². The molecule has 0 radical (unpaired) electrons. The molecule has 0 spiro atoms. The van der Waals surface area contributed by atoms with Crippen molar-refractivity contribution >= 4 is 23.0 Å². The van der Waals surface area contributed by atoms with E-state index in [4.69, 9.17) is 0 Å². The van der Waals surface area contributed by atoms with Gasteiger partial charge in [0.25, 0.3) is 5.91 Å². The van der Waals surface area contributed by atoms with Crippen LogP contribution < -0.4 is 15.5 Å². The Morgan fingerprint density at radius 3 is 2.56 bits per heavy atom. The number of anilines is 3. The Morgan fingerprint density at radius 2 is 1.85 bits per heavy atom. The second kappa shape index (κ2) is 9.37. The van der Waals surface area contributed by atoms with Crippen molar-refractivity contribution in [1.29, 1.82) is 0 Å². The fourth-order valence-electron chi connectivity index (χ4n) is 3.22. The summed E-state index contributed by atoms with van der Waals surface area (Å²) in [6.45, 7) is 4.11. The number of carbonyl (C=O) groups excluding carboxylic acids is 1. The van der Waals surface area contributed by atoms with Gasteiger partial charge in [-0.1, -0.05) is 0 Å². The van der Waals surface area contributed by atoms with E-state index < -0.39 is 0 Å². The van der Waals surface area contributed by atoms with Crippen LogP contribution in [0.3, 0.4) is 0 Å². The first-order valence-electron chi connectivity index (χ1n) is 9.62. The minimum Gasteiger partial charge on any atom is -0.384 e. The van der Waals surface area contributed by atoms with Crippen molar-refractivity contribution in [2.75, 3.05) is 55.8 Å². The van der Waals surface area contributed by atoms with Crippen LogP contribution in [-0.4, -0.2) is 56.1 Å². The molecule has 1 aliphatic heterocycles. The molecule has 1 aromatic carbocycles. The van der Waals surface area contributed by atoms with Gasteiger partial charge >= 0.3 is 0 Å². The molecule has 144 valence electrons. The minimum atomic E-state index is -0.145. The summed E-state index contributed by atoms with van der Waals surface area (Å²) in [5.41, 5.74) is 3.44. The number of pyridine rings is 1. The molecule has 0 saturated carbocycles. The molecule has 0 unspecified atom stereocenters. The van der Waals surface area contributed by atoms with Crippen LogP contribution in [0.5, 0.6) is 0 Å². The van der Waals surface area contributed by atoms with Crippen LogP contribution in [0.4, 0.5) is 17.1 Å². The number of rotatable bonds is 8. The number of hydrogen-bond acceptors (Lipinski definition) is 5. The second-order valence-electron chi connectivity index (χ2n) is 7.24. The van der Waals surface area contributed by atoms with Crippen LogP contribution >= 0.6 is 0 Å². The van der Waals surface area contributed by atoms with Gasteiger partial charge in [0, 0.05) is 43.4 Å². The molecule has 3 rings (SSSR count). The Hall–Kier alpha value is -2.60. The van der Waals surface area contributed by atoms with Crippen molar-refractivity contribution in [3.8, 4) is 0 Å². The number of aromatic nitrogens is 1. The average Bonchev–Trinajstić information content (AvgIpc) is 3.21. The Morgan fingerprint density at radius 1 is 1.11 bits per heavy atom. The Kier molecular flexibility index (Phi) is 6.65. The quantitative estimate of drug-likeness (QED) is 0.701. The predicted molar refractivity (Wildman–Crippen MR) is 112 cm³/mol. The zero-order valence-corrected chi connectivity index (χ0v) is 16.2. The van der Waals surface area contributed by atoms with Crippen molar-refractivity contribution in [2.45, 2.75) is 19.3 Å². The minimum absolute atomic E-state index is 0.145. The van der Waals surface area contributed by atoms with Gasteiger partial charge in [0.1, 0.15) is 0 Å². The van der Waals surface area contributed by atoms with Gasteiger partial charge in [-0.3, -0.25) is 9.78 Å². The van der Waals surface area contributed by atoms with E-state index in [1.165, 1.54) is 18.5 Å². The van der Waals surface area contributed by atoms with E-state index in [0.717, 1.165) is 44.0 Å². The summed E-state index contributed by atoms with van der Waals surface area (Å²) in [5, 5.41) is 6.28. The molecule has 0 aliphatic carbocycles. The van der Waals surface area contributed by atoms with Crippen molar-refractivity contribution in [3.05, 3.63) is 48.3 Å². The largest absolute Gasteiger partial charge is 0.384 e. The summed E-state index contributed by atoms with van der Waals surface area (Å²) in [5.74, 6) is -0.145. The predicted octanol–water partition coefficient (Wildman–Crippen LogP) is 3.30. The number of benzene rings is 1. The molecule has 27 heavy (non-hydrogen) atoms. The van der Waals surface area contributed by atoms with Crippen LogP contribution in [0.15, 0.2) is 42.7 Å². The number of nitrogens with zero attached hydrogens (tertiary/aromatic N) is 3. The maximum atomic E-state index is 12.5. The third kappa shape index (κ3) is 5.69. The van der Waals surface area contributed by atoms with Gasteiger partial charge in [-0.15, -0.1) is 0 Å². The maximum Gasteiger partial charge on any atom is 0.257 e. The highest BCUT2D eigenvalue weighted by molar-refractivity contribution is 6.04. The Labute approximate surface area is 161 Å². The van der Waals surface area contributed by atoms with Gasteiger partial charge in [0.15, 0.2) is 0 Å². The molecule has 1 amide bonds. The highest BCUT2D eigenvalue weighted by Crippen LogP contribution is 2.22. The zero-order chi connectivity index (χ0) is 19.1. The molecule has 1 saturated heterocycles. The van der Waals surface area contributed by atoms with Crippen molar-refractivity contribution in [2.24, 2.45) is 0 Å². The Bertz CT molecular complexity index is 738. The average molecular weight is 367 g/mol. The number of hydrogen-bond donors (Lipinski definition) is 2. The normalized spacial score (nSPS) is 13.8. The molecule has 1 aromatic heterocycles. The first-order valence-corrected chi connectivity index (χ1v) is 9.62. The highest BCUT2D eigenvalue weighted by atomic mass is 16.1. The summed E-state index contributed by atoms with van der Waals surface area (Å²) in [7, 11) is 4.12. The fraction of sp³-hybridized carbons (Fsp3) is 0.429. The molecule has 0 bridgehead atoms. The van der Waals surface area contributed by atoms with Crippen molar-refractivity contribution in [1.82, 2.24) is 9.88 Å². The summed E-state index contributed by atoms with van der Waals surface area (Å²) >= 11 is 0. The fourth-order valence-corrected chi connectivity index (χ4v) is 3.22. The molecule has 2 N–H and O–H groups in total. The molecule has 1 aliphatic rings. The van der Waals surface area contributed by atoms with Crippen LogP contribution in [-0.2, 0) is 0 Å². The molecule has 0 atom stereocenters. The van der Waals surface area contributed by atoms with E-state index >= 15 is 0 Å². The maximum absolute atomic E-state index is 12.5. The third-order valence-electron chi connectivity index (χ3n) is 4.71. The monoisotopic (exact) mass is 367 g/mol. The summed E-state index contributed by atoms with van der Waals surface area (Å²) < 4.78 is 0. The smallest absolute Gasteiger partial charge is 0.257 e. The molecule has 6 nitrogen and oxygen atoms in total. The van der Waals surface area contributed by atoms with Crippen molar-refractivity contribution in [3.63, 3.8) is 0 Å². The Balaban J connectivity index is 1.55. The molecule has 2 aromatic rings. The topological polar surface area (TPSA) is 60.5 Å². The first-order chi connectivity index (χ1) is 13.1. The van der Waals surface area contributed by atoms with Gasteiger partial charge in [-0.05, 0) is 70.2 Å². The summed E-state index contributed by atoms with van der Waals surface area (Å²) in [6.07, 6.45) is 6.89. The van der Waals surface area contributed by atoms with Gasteiger partial charge in [0.05, 0.1) is 11.3 Å². The lowest BCUT2D eigenvalue weighted by atomic mass is 10.2. The van der Waals surface area contributed by atoms with Crippen molar-refractivity contribution < 1.29 is 4.79 Å². The van der Waals surface area contributed by atoms with Crippen LogP contribution in [0, 0.1) is 0 Å². The van der Waals surface area contributed by atoms with E-state index in [-0.39, 0.29) is 5.91 Å². The molecule has 1 fully saturated rings. The molecule has 2 heterocycles. The lowest BCUT2D eigenvalue weighted by Crippen LogP contribution is -2.18. The SMILES string of the molecule is CN(C)CCCNc1cncc(C(=O)Nc2ccc(N3CCCC3)cc2)c1. The third-order valence-corrected chi connectivity index (χ3v) is 4.71. The molecular formula is C21H29N5O. The highest BCUT2D eigenvalue weighted by Gasteiger charge is 2.12. The van der Waals surface area contributed by atoms with Gasteiger partial charge in [-0.2, -0.15) is 0 Å². The van der Waals surface area contributed by atoms with E-state index in [9.17, 15) is 4.79 Å². The van der Waals surface area contributed by atoms with E-state index in [0.29, 0.717) is 5.56 Å². The summed E-state index contributed by atoms with van der Waals surface area (Å²) in [4.78, 5) is 21.2. The second-order valence-corrected chi connectivity index (χ2v) is 7.24. The van der Waals surface area contributed by atoms with E-state index in [1.807, 2.05) is 18.2 Å².